The van der Waals surface area contributed by atoms with Gasteiger partial charge in [0.15, 0.2) is 0 Å². The number of rotatable bonds is 4. The Morgan fingerprint density at radius 1 is 0.527 bits per heavy atom. The Labute approximate surface area is 366 Å². The smallest absolute Gasteiger partial charge is 0.0809 e. The molecule has 0 bridgehead atoms. The van der Waals surface area contributed by atoms with Gasteiger partial charge in [0, 0.05) is 0 Å². The Kier molecular flexibility index (Phi) is 17.8. The van der Waals surface area contributed by atoms with Crippen molar-refractivity contribution in [3.05, 3.63) is 191 Å². The molecule has 0 amide bonds. The van der Waals surface area contributed by atoms with Crippen molar-refractivity contribution in [1.29, 1.82) is 0 Å². The van der Waals surface area contributed by atoms with Crippen molar-refractivity contribution >= 4 is 84.4 Å². The van der Waals surface area contributed by atoms with Crippen LogP contribution in [0.25, 0.3) is 21.5 Å². The molecule has 0 heterocycles. The van der Waals surface area contributed by atoms with Crippen LogP contribution in [0.5, 0.6) is 0 Å². The second-order valence-corrected chi connectivity index (χ2v) is 24.9. The topological polar surface area (TPSA) is 0 Å². The van der Waals surface area contributed by atoms with Crippen LogP contribution in [0.15, 0.2) is 158 Å². The van der Waals surface area contributed by atoms with E-state index in [4.69, 9.17) is 34.1 Å². The van der Waals surface area contributed by atoms with Gasteiger partial charge in [-0.3, -0.25) is 0 Å². The van der Waals surface area contributed by atoms with Gasteiger partial charge in [-0.2, -0.15) is 84.9 Å². The van der Waals surface area contributed by atoms with Crippen LogP contribution in [-0.2, 0) is 54.5 Å². The number of aryl methyl sites for hydroxylation is 1. The molecule has 0 unspecified atom stereocenters. The molecule has 0 atom stereocenters. The van der Waals surface area contributed by atoms with Crippen molar-refractivity contribution in [3.63, 3.8) is 0 Å². The van der Waals surface area contributed by atoms with Crippen LogP contribution in [0.4, 0.5) is 0 Å². The van der Waals surface area contributed by atoms with Gasteiger partial charge in [-0.05, 0) is 0 Å². The predicted octanol–water partition coefficient (Wildman–Crippen LogP) is 12.5. The van der Waals surface area contributed by atoms with E-state index in [1.54, 1.807) is 21.5 Å². The van der Waals surface area contributed by atoms with E-state index < -0.39 is 49.8 Å². The first kappa shape index (κ1) is 44.1. The van der Waals surface area contributed by atoms with Crippen molar-refractivity contribution in [2.45, 2.75) is 53.4 Å². The molecule has 0 saturated heterocycles. The molecule has 0 spiro atoms. The third-order valence-corrected chi connectivity index (χ3v) is 16.2. The monoisotopic (exact) mass is 970 g/mol. The number of hydrogen-bond donors (Lipinski definition) is 0. The molecule has 1 aliphatic rings. The van der Waals surface area contributed by atoms with Gasteiger partial charge < -0.3 is 0 Å². The molecule has 8 aromatic rings. The van der Waals surface area contributed by atoms with Crippen LogP contribution in [0.1, 0.15) is 46.2 Å². The fourth-order valence-corrected chi connectivity index (χ4v) is 14.0. The molecule has 0 nitrogen and oxygen atoms in total. The Hall–Kier alpha value is -2.06. The molecule has 0 N–H and O–H groups in total. The summed E-state index contributed by atoms with van der Waals surface area (Å²) < 4.78 is 0. The Morgan fingerprint density at radius 2 is 0.945 bits per heavy atom. The average Bonchev–Trinajstić information content (AvgIpc) is 4.04. The van der Waals surface area contributed by atoms with Crippen molar-refractivity contribution in [3.8, 4) is 0 Å². The molecule has 0 radical (unpaired) electrons. The Balaban J connectivity index is 0.000000194. The predicted molar refractivity (Wildman–Crippen MR) is 239 cm³/mol. The molecule has 55 heavy (non-hydrogen) atoms. The molecular formula is C48H46Cl4SiZr2. The van der Waals surface area contributed by atoms with E-state index in [1.165, 1.54) is 79.9 Å². The van der Waals surface area contributed by atoms with Gasteiger partial charge in [-0.25, -0.2) is 6.07 Å². The second kappa shape index (κ2) is 22.2. The van der Waals surface area contributed by atoms with Gasteiger partial charge in [0.1, 0.15) is 0 Å². The van der Waals surface area contributed by atoms with Crippen molar-refractivity contribution in [1.82, 2.24) is 0 Å². The SMILES string of the molecule is Cc1c(C)c(C)[c-]([Si](c2ccccc2)(c2ccccc2)[c-]2ccc3c2CCCC3)c1C.[Cl][Zr+2][Cl].[Cl][Zr+2][Cl].c1ccc2[cH-]ccc2c1.c1ccc2[cH-]ccc2c1. The summed E-state index contributed by atoms with van der Waals surface area (Å²) in [6, 6.07) is 57.2. The fourth-order valence-electron chi connectivity index (χ4n) is 8.25. The van der Waals surface area contributed by atoms with Crippen molar-refractivity contribution < 1.29 is 41.7 Å². The minimum Gasteiger partial charge on any atom is -0.168 e. The maximum atomic E-state index is 4.93. The van der Waals surface area contributed by atoms with Crippen LogP contribution in [0, 0.1) is 27.7 Å². The molecule has 0 aliphatic heterocycles. The zero-order valence-electron chi connectivity index (χ0n) is 31.9. The van der Waals surface area contributed by atoms with Gasteiger partial charge in [-0.15, -0.1) is 59.3 Å². The third kappa shape index (κ3) is 10.3. The summed E-state index contributed by atoms with van der Waals surface area (Å²) in [6.07, 6.45) is 5.10. The summed E-state index contributed by atoms with van der Waals surface area (Å²) in [6.45, 7) is 9.37. The standard InChI is InChI=1S/C30H32Si.2C9H7.4ClH.2Zr/c1-21-22(2)24(4)30(23(21)3)31(26-14-7-5-8-15-26,27-16-9-6-10-17-27)29-20-19-25-13-11-12-18-28(25)29;2*1-2-5-9-7-3-6-8(9)4-1;;;;;;/h5-10,14-17,19-20H,11-13,18H2,1-4H3;2*1-7H;4*1H;;/q-2;2*-1;;;;;2*+4/p-4. The summed E-state index contributed by atoms with van der Waals surface area (Å²) in [5.41, 5.74) is 9.19. The maximum Gasteiger partial charge on any atom is -0.0809 e. The number of halogens is 4. The fraction of sp³-hybridized carbons (Fsp3) is 0.167. The maximum absolute atomic E-state index is 4.93. The minimum atomic E-state index is -2.43. The number of benzene rings is 4. The second-order valence-electron chi connectivity index (χ2n) is 13.8. The van der Waals surface area contributed by atoms with Gasteiger partial charge in [0.05, 0.1) is 8.07 Å². The average molecular weight is 975 g/mol. The first-order valence-corrected chi connectivity index (χ1v) is 33.2. The Bertz CT molecular complexity index is 2140. The van der Waals surface area contributed by atoms with Gasteiger partial charge in [0.2, 0.25) is 0 Å². The molecular weight excluding hydrogens is 929 g/mol. The molecule has 8 aromatic carbocycles. The zero-order chi connectivity index (χ0) is 39.2. The third-order valence-electron chi connectivity index (χ3n) is 11.0. The van der Waals surface area contributed by atoms with Crippen molar-refractivity contribution in [2.75, 3.05) is 0 Å². The summed E-state index contributed by atoms with van der Waals surface area (Å²) in [5, 5.41) is 11.6. The van der Waals surface area contributed by atoms with Gasteiger partial charge in [0.25, 0.3) is 0 Å². The van der Waals surface area contributed by atoms with E-state index in [0.717, 1.165) is 0 Å². The summed E-state index contributed by atoms with van der Waals surface area (Å²) in [4.78, 5) is 0. The first-order chi connectivity index (χ1) is 26.8. The molecule has 0 saturated carbocycles. The molecule has 9 rings (SSSR count). The first-order valence-electron chi connectivity index (χ1n) is 18.6. The molecule has 278 valence electrons. The number of fused-ring (bicyclic) bond motifs is 3. The normalized spacial score (nSPS) is 11.6. The molecule has 0 fully saturated rings. The molecule has 0 aromatic heterocycles. The quantitative estimate of drug-likeness (QED) is 0.122. The van der Waals surface area contributed by atoms with E-state index in [9.17, 15) is 0 Å². The summed E-state index contributed by atoms with van der Waals surface area (Å²) >= 11 is -1.65. The van der Waals surface area contributed by atoms with E-state index in [1.807, 2.05) is 0 Å². The van der Waals surface area contributed by atoms with Crippen molar-refractivity contribution in [2.24, 2.45) is 0 Å². The minimum absolute atomic E-state index is 0.826. The van der Waals surface area contributed by atoms with Crippen LogP contribution < -0.4 is 20.7 Å². The summed E-state index contributed by atoms with van der Waals surface area (Å²) in [7, 11) is 17.3. The zero-order valence-corrected chi connectivity index (χ0v) is 40.8. The van der Waals surface area contributed by atoms with Gasteiger partial charge in [-0.1, -0.05) is 137 Å². The van der Waals surface area contributed by atoms with E-state index in [2.05, 4.69) is 185 Å². The molecule has 1 aliphatic carbocycles. The van der Waals surface area contributed by atoms with E-state index in [-0.39, 0.29) is 0 Å². The van der Waals surface area contributed by atoms with Crippen LogP contribution in [0.2, 0.25) is 0 Å². The number of hydrogen-bond acceptors (Lipinski definition) is 0. The Morgan fingerprint density at radius 3 is 1.40 bits per heavy atom. The van der Waals surface area contributed by atoms with Gasteiger partial charge >= 0.3 is 75.7 Å². The van der Waals surface area contributed by atoms with Crippen LogP contribution in [0.3, 0.4) is 0 Å². The van der Waals surface area contributed by atoms with E-state index in [0.29, 0.717) is 0 Å². The van der Waals surface area contributed by atoms with Crippen LogP contribution >= 0.6 is 34.1 Å². The largest absolute Gasteiger partial charge is 0.168 e. The van der Waals surface area contributed by atoms with Crippen LogP contribution in [-0.4, -0.2) is 8.07 Å². The summed E-state index contributed by atoms with van der Waals surface area (Å²) in [5.74, 6) is 0. The molecule has 7 heteroatoms. The van der Waals surface area contributed by atoms with E-state index >= 15 is 0 Å².